The zero-order chi connectivity index (χ0) is 18.2. The van der Waals surface area contributed by atoms with Gasteiger partial charge in [-0.2, -0.15) is 5.10 Å². The first-order valence-corrected chi connectivity index (χ1v) is 8.53. The highest BCUT2D eigenvalue weighted by molar-refractivity contribution is 5.79. The second kappa shape index (κ2) is 8.75. The highest BCUT2D eigenvalue weighted by atomic mass is 16.5. The van der Waals surface area contributed by atoms with Crippen LogP contribution in [0.3, 0.4) is 0 Å². The minimum absolute atomic E-state index is 0.604. The van der Waals surface area contributed by atoms with E-state index in [1.54, 1.807) is 14.2 Å². The quantitative estimate of drug-likeness (QED) is 0.504. The van der Waals surface area contributed by atoms with Crippen molar-refractivity contribution in [2.45, 2.75) is 13.1 Å². The second-order valence-corrected chi connectivity index (χ2v) is 5.72. The number of hydrogen-bond acceptors (Lipinski definition) is 3. The monoisotopic (exact) mass is 352 g/mol. The van der Waals surface area contributed by atoms with Gasteiger partial charge in [-0.05, 0) is 42.5 Å². The van der Waals surface area contributed by atoms with E-state index in [9.17, 15) is 0 Å². The minimum Gasteiger partial charge on any atom is -0.497 e. The summed E-state index contributed by atoms with van der Waals surface area (Å²) in [5.74, 6) is 1.59. The lowest BCUT2D eigenvalue weighted by Gasteiger charge is -2.11. The van der Waals surface area contributed by atoms with Crippen LogP contribution in [0.1, 0.15) is 5.69 Å². The zero-order valence-corrected chi connectivity index (χ0v) is 15.1. The Labute approximate surface area is 153 Å². The third-order valence-corrected chi connectivity index (χ3v) is 3.97. The van der Waals surface area contributed by atoms with Crippen LogP contribution in [-0.2, 0) is 13.1 Å². The van der Waals surface area contributed by atoms with Gasteiger partial charge in [0, 0.05) is 38.7 Å². The van der Waals surface area contributed by atoms with Crippen LogP contribution >= 0.6 is 0 Å². The molecule has 0 aliphatic carbocycles. The summed E-state index contributed by atoms with van der Waals surface area (Å²) >= 11 is 0. The predicted octanol–water partition coefficient (Wildman–Crippen LogP) is 2.05. The van der Waals surface area contributed by atoms with E-state index in [0.29, 0.717) is 6.54 Å². The van der Waals surface area contributed by atoms with E-state index in [0.717, 1.165) is 36.2 Å². The first-order valence-electron chi connectivity index (χ1n) is 8.53. The molecular formula is C19H24N6O. The molecule has 7 heteroatoms. The van der Waals surface area contributed by atoms with Crippen LogP contribution in [0.2, 0.25) is 0 Å². The molecule has 0 aliphatic heterocycles. The Kier molecular flexibility index (Phi) is 5.92. The third-order valence-electron chi connectivity index (χ3n) is 3.97. The molecule has 0 atom stereocenters. The number of guanidine groups is 1. The minimum atomic E-state index is 0.604. The topological polar surface area (TPSA) is 68.4 Å². The Balaban J connectivity index is 1.49. The molecule has 0 bridgehead atoms. The van der Waals surface area contributed by atoms with Gasteiger partial charge < -0.3 is 19.9 Å². The van der Waals surface area contributed by atoms with Gasteiger partial charge in [0.1, 0.15) is 5.75 Å². The normalized spacial score (nSPS) is 11.4. The van der Waals surface area contributed by atoms with Gasteiger partial charge >= 0.3 is 0 Å². The van der Waals surface area contributed by atoms with Crippen molar-refractivity contribution < 1.29 is 4.74 Å². The van der Waals surface area contributed by atoms with Gasteiger partial charge in [0.2, 0.25) is 0 Å². The summed E-state index contributed by atoms with van der Waals surface area (Å²) in [5.41, 5.74) is 1.93. The summed E-state index contributed by atoms with van der Waals surface area (Å²) < 4.78 is 9.15. The van der Waals surface area contributed by atoms with Crippen molar-refractivity contribution in [2.24, 2.45) is 4.99 Å². The first-order chi connectivity index (χ1) is 12.8. The number of aliphatic imine (C=N–C) groups is 1. The van der Waals surface area contributed by atoms with Gasteiger partial charge in [-0.15, -0.1) is 0 Å². The van der Waals surface area contributed by atoms with Crippen molar-refractivity contribution in [3.8, 4) is 11.4 Å². The number of benzene rings is 1. The van der Waals surface area contributed by atoms with Gasteiger partial charge in [0.05, 0.1) is 25.0 Å². The molecule has 0 saturated heterocycles. The SMILES string of the molecule is CN=C(NCCn1cccc1)NCc1ccn(-c2ccc(OC)cc2)n1. The maximum Gasteiger partial charge on any atom is 0.191 e. The zero-order valence-electron chi connectivity index (χ0n) is 15.1. The Morgan fingerprint density at radius 2 is 1.85 bits per heavy atom. The van der Waals surface area contributed by atoms with E-state index in [2.05, 4.69) is 25.3 Å². The highest BCUT2D eigenvalue weighted by Gasteiger charge is 2.03. The van der Waals surface area contributed by atoms with Gasteiger partial charge in [0.15, 0.2) is 5.96 Å². The molecule has 1 aromatic carbocycles. The first kappa shape index (κ1) is 17.6. The molecule has 0 unspecified atom stereocenters. The van der Waals surface area contributed by atoms with Gasteiger partial charge in [-0.1, -0.05) is 0 Å². The number of hydrogen-bond donors (Lipinski definition) is 2. The summed E-state index contributed by atoms with van der Waals surface area (Å²) in [7, 11) is 3.42. The lowest BCUT2D eigenvalue weighted by atomic mass is 10.3. The summed E-state index contributed by atoms with van der Waals surface area (Å²) in [6, 6.07) is 13.8. The van der Waals surface area contributed by atoms with Crippen LogP contribution in [0.4, 0.5) is 0 Å². The largest absolute Gasteiger partial charge is 0.497 e. The van der Waals surface area contributed by atoms with Crippen molar-refractivity contribution in [2.75, 3.05) is 20.7 Å². The molecule has 2 N–H and O–H groups in total. The molecular weight excluding hydrogens is 328 g/mol. The molecule has 2 heterocycles. The Morgan fingerprint density at radius 1 is 1.08 bits per heavy atom. The molecule has 0 amide bonds. The fourth-order valence-corrected chi connectivity index (χ4v) is 2.55. The van der Waals surface area contributed by atoms with E-state index >= 15 is 0 Å². The van der Waals surface area contributed by atoms with Crippen molar-refractivity contribution in [1.82, 2.24) is 25.0 Å². The van der Waals surface area contributed by atoms with Crippen molar-refractivity contribution in [3.05, 3.63) is 66.7 Å². The number of nitrogens with zero attached hydrogens (tertiary/aromatic N) is 4. The van der Waals surface area contributed by atoms with Crippen molar-refractivity contribution >= 4 is 5.96 Å². The maximum atomic E-state index is 5.18. The molecule has 2 aromatic heterocycles. The lowest BCUT2D eigenvalue weighted by molar-refractivity contribution is 0.414. The molecule has 136 valence electrons. The second-order valence-electron chi connectivity index (χ2n) is 5.72. The summed E-state index contributed by atoms with van der Waals surface area (Å²) in [6.07, 6.45) is 6.04. The van der Waals surface area contributed by atoms with Crippen LogP contribution in [0, 0.1) is 0 Å². The smallest absolute Gasteiger partial charge is 0.191 e. The van der Waals surface area contributed by atoms with E-state index in [1.807, 2.05) is 65.7 Å². The van der Waals surface area contributed by atoms with Gasteiger partial charge in [0.25, 0.3) is 0 Å². The van der Waals surface area contributed by atoms with E-state index in [-0.39, 0.29) is 0 Å². The average Bonchev–Trinajstić information content (AvgIpc) is 3.36. The van der Waals surface area contributed by atoms with E-state index < -0.39 is 0 Å². The highest BCUT2D eigenvalue weighted by Crippen LogP contribution is 2.14. The molecule has 0 radical (unpaired) electrons. The Bertz CT molecular complexity index is 820. The van der Waals surface area contributed by atoms with Gasteiger partial charge in [-0.25, -0.2) is 4.68 Å². The van der Waals surface area contributed by atoms with Crippen LogP contribution < -0.4 is 15.4 Å². The number of nitrogens with one attached hydrogen (secondary N) is 2. The van der Waals surface area contributed by atoms with Crippen LogP contribution in [0.15, 0.2) is 66.0 Å². The number of rotatable bonds is 7. The van der Waals surface area contributed by atoms with E-state index in [4.69, 9.17) is 4.74 Å². The van der Waals surface area contributed by atoms with Gasteiger partial charge in [-0.3, -0.25) is 4.99 Å². The van der Waals surface area contributed by atoms with Crippen molar-refractivity contribution in [1.29, 1.82) is 0 Å². The fraction of sp³-hybridized carbons (Fsp3) is 0.263. The molecule has 3 rings (SSSR count). The standard InChI is InChI=1S/C19H24N6O/c1-20-19(21-10-14-24-11-3-4-12-24)22-15-16-9-13-25(23-16)17-5-7-18(26-2)8-6-17/h3-9,11-13H,10,14-15H2,1-2H3,(H2,20,21,22). The molecule has 26 heavy (non-hydrogen) atoms. The Hall–Kier alpha value is -3.22. The number of methoxy groups -OCH3 is 1. The summed E-state index contributed by atoms with van der Waals surface area (Å²) in [5, 5.41) is 11.2. The predicted molar refractivity (Wildman–Crippen MR) is 103 cm³/mol. The lowest BCUT2D eigenvalue weighted by Crippen LogP contribution is -2.38. The summed E-state index contributed by atoms with van der Waals surface area (Å²) in [6.45, 7) is 2.29. The molecule has 0 spiro atoms. The molecule has 7 nitrogen and oxygen atoms in total. The number of ether oxygens (including phenoxy) is 1. The molecule has 3 aromatic rings. The average molecular weight is 352 g/mol. The van der Waals surface area contributed by atoms with Crippen molar-refractivity contribution in [3.63, 3.8) is 0 Å². The third kappa shape index (κ3) is 4.66. The number of aromatic nitrogens is 3. The molecule has 0 saturated carbocycles. The van der Waals surface area contributed by atoms with Crippen LogP contribution in [0.25, 0.3) is 5.69 Å². The van der Waals surface area contributed by atoms with Crippen LogP contribution in [0.5, 0.6) is 5.75 Å². The molecule has 0 fully saturated rings. The van der Waals surface area contributed by atoms with E-state index in [1.165, 1.54) is 0 Å². The maximum absolute atomic E-state index is 5.18. The molecule has 0 aliphatic rings. The Morgan fingerprint density at radius 3 is 2.54 bits per heavy atom. The fourth-order valence-electron chi connectivity index (χ4n) is 2.55. The van der Waals surface area contributed by atoms with Crippen LogP contribution in [-0.4, -0.2) is 41.0 Å². The summed E-state index contributed by atoms with van der Waals surface area (Å²) in [4.78, 5) is 4.24.